The van der Waals surface area contributed by atoms with Gasteiger partial charge in [-0.3, -0.25) is 4.90 Å². The van der Waals surface area contributed by atoms with E-state index < -0.39 is 0 Å². The fraction of sp³-hybridized carbons (Fsp3) is 0.565. The average molecular weight is 457 g/mol. The number of piperazine rings is 1. The summed E-state index contributed by atoms with van der Waals surface area (Å²) in [6.45, 7) is 8.23. The molecule has 0 aliphatic carbocycles. The van der Waals surface area contributed by atoms with Crippen LogP contribution < -0.4 is 9.62 Å². The lowest BCUT2D eigenvalue weighted by atomic mass is 10.1. The van der Waals surface area contributed by atoms with Crippen LogP contribution in [0, 0.1) is 6.92 Å². The minimum absolute atomic E-state index is 0.0568. The number of nitrogens with one attached hydrogen (secondary N) is 1. The SMILES string of the molecule is CSNc1ccn(C(=O)N2CCN(Cc3ccc(C)cc3N3CC4CCC(C3)O4)CC2)n1. The Bertz CT molecular complexity index is 946. The van der Waals surface area contributed by atoms with E-state index in [1.807, 2.05) is 17.2 Å². The molecule has 2 atom stereocenters. The van der Waals surface area contributed by atoms with E-state index in [2.05, 4.69) is 44.7 Å². The van der Waals surface area contributed by atoms with Crippen LogP contribution in [0.5, 0.6) is 0 Å². The summed E-state index contributed by atoms with van der Waals surface area (Å²) in [5.74, 6) is 0.702. The highest BCUT2D eigenvalue weighted by Gasteiger charge is 2.34. The molecule has 2 bridgehead atoms. The molecule has 1 aromatic carbocycles. The van der Waals surface area contributed by atoms with E-state index in [1.165, 1.54) is 46.3 Å². The van der Waals surface area contributed by atoms with Gasteiger partial charge in [0.2, 0.25) is 0 Å². The highest BCUT2D eigenvalue weighted by molar-refractivity contribution is 7.99. The van der Waals surface area contributed by atoms with Crippen molar-refractivity contribution in [3.63, 3.8) is 0 Å². The number of aryl methyl sites for hydroxylation is 1. The molecule has 3 aliphatic rings. The normalized spacial score (nSPS) is 23.6. The highest BCUT2D eigenvalue weighted by Crippen LogP contribution is 2.32. The molecule has 0 radical (unpaired) electrons. The molecule has 9 heteroatoms. The Morgan fingerprint density at radius 1 is 1.16 bits per heavy atom. The van der Waals surface area contributed by atoms with E-state index >= 15 is 0 Å². The number of aromatic nitrogens is 2. The lowest BCUT2D eigenvalue weighted by Crippen LogP contribution is -2.49. The third kappa shape index (κ3) is 4.60. The standard InChI is InChI=1S/C23H32N6O2S/c1-17-3-4-18(21(13-17)28-15-19-5-6-20(16-28)31-19)14-26-9-11-27(12-10-26)23(30)29-8-7-22(24-29)25-32-2/h3-4,7-8,13,19-20H,5-6,9-12,14-16H2,1-2H3,(H,24,25). The smallest absolute Gasteiger partial charge is 0.344 e. The summed E-state index contributed by atoms with van der Waals surface area (Å²) in [5, 5.41) is 4.31. The summed E-state index contributed by atoms with van der Waals surface area (Å²) in [7, 11) is 0. The van der Waals surface area contributed by atoms with Crippen molar-refractivity contribution < 1.29 is 9.53 Å². The fourth-order valence-corrected chi connectivity index (χ4v) is 5.30. The lowest BCUT2D eigenvalue weighted by molar-refractivity contribution is 0.0304. The van der Waals surface area contributed by atoms with Crippen LogP contribution in [-0.4, -0.2) is 83.3 Å². The number of rotatable bonds is 5. The van der Waals surface area contributed by atoms with Crippen LogP contribution in [-0.2, 0) is 11.3 Å². The lowest BCUT2D eigenvalue weighted by Gasteiger charge is -2.37. The zero-order chi connectivity index (χ0) is 22.1. The molecule has 32 heavy (non-hydrogen) atoms. The maximum atomic E-state index is 12.8. The number of amides is 1. The zero-order valence-electron chi connectivity index (χ0n) is 18.9. The number of carbonyl (C=O) groups is 1. The molecule has 3 saturated heterocycles. The summed E-state index contributed by atoms with van der Waals surface area (Å²) in [6.07, 6.45) is 6.79. The van der Waals surface area contributed by atoms with Crippen molar-refractivity contribution in [3.8, 4) is 0 Å². The zero-order valence-corrected chi connectivity index (χ0v) is 19.7. The Kier molecular flexibility index (Phi) is 6.30. The number of carbonyl (C=O) groups excluding carboxylic acids is 1. The molecular weight excluding hydrogens is 424 g/mol. The maximum absolute atomic E-state index is 12.8. The Hall–Kier alpha value is -2.23. The first-order chi connectivity index (χ1) is 15.6. The monoisotopic (exact) mass is 456 g/mol. The molecule has 3 aliphatic heterocycles. The van der Waals surface area contributed by atoms with E-state index in [0.29, 0.717) is 31.1 Å². The fourth-order valence-electron chi connectivity index (χ4n) is 4.99. The Morgan fingerprint density at radius 2 is 1.91 bits per heavy atom. The van der Waals surface area contributed by atoms with E-state index in [0.717, 1.165) is 32.7 Å². The van der Waals surface area contributed by atoms with Crippen molar-refractivity contribution in [1.82, 2.24) is 19.6 Å². The number of anilines is 2. The molecule has 4 heterocycles. The molecule has 1 amide bonds. The van der Waals surface area contributed by atoms with Crippen LogP contribution >= 0.6 is 11.9 Å². The van der Waals surface area contributed by atoms with Crippen LogP contribution in [0.2, 0.25) is 0 Å². The van der Waals surface area contributed by atoms with E-state index in [-0.39, 0.29) is 6.03 Å². The second kappa shape index (κ2) is 9.33. The highest BCUT2D eigenvalue weighted by atomic mass is 32.2. The number of nitrogens with zero attached hydrogens (tertiary/aromatic N) is 5. The van der Waals surface area contributed by atoms with Crippen LogP contribution in [0.1, 0.15) is 24.0 Å². The van der Waals surface area contributed by atoms with Gasteiger partial charge in [-0.2, -0.15) is 4.68 Å². The molecular formula is C23H32N6O2S. The van der Waals surface area contributed by atoms with E-state index in [1.54, 1.807) is 6.20 Å². The summed E-state index contributed by atoms with van der Waals surface area (Å²) in [4.78, 5) is 19.7. The van der Waals surface area contributed by atoms with Crippen LogP contribution in [0.4, 0.5) is 16.3 Å². The molecule has 0 spiro atoms. The number of fused-ring (bicyclic) bond motifs is 2. The second-order valence-electron chi connectivity index (χ2n) is 8.99. The molecule has 8 nitrogen and oxygen atoms in total. The van der Waals surface area contributed by atoms with Crippen molar-refractivity contribution in [1.29, 1.82) is 0 Å². The number of benzene rings is 1. The van der Waals surface area contributed by atoms with Crippen molar-refractivity contribution in [3.05, 3.63) is 41.6 Å². The molecule has 3 fully saturated rings. The predicted molar refractivity (Wildman–Crippen MR) is 128 cm³/mol. The second-order valence-corrected chi connectivity index (χ2v) is 9.60. The third-order valence-corrected chi connectivity index (χ3v) is 7.07. The Balaban J connectivity index is 1.21. The van der Waals surface area contributed by atoms with Gasteiger partial charge in [0.1, 0.15) is 0 Å². The van der Waals surface area contributed by atoms with Crippen molar-refractivity contribution in [2.75, 3.05) is 55.1 Å². The Labute approximate surface area is 194 Å². The maximum Gasteiger partial charge on any atom is 0.344 e. The molecule has 1 aromatic heterocycles. The number of morpholine rings is 1. The minimum Gasteiger partial charge on any atom is -0.371 e. The van der Waals surface area contributed by atoms with Gasteiger partial charge in [0.15, 0.2) is 5.82 Å². The van der Waals surface area contributed by atoms with Crippen molar-refractivity contribution >= 4 is 29.5 Å². The molecule has 2 unspecified atom stereocenters. The average Bonchev–Trinajstić information content (AvgIpc) is 3.41. The quantitative estimate of drug-likeness (QED) is 0.694. The van der Waals surface area contributed by atoms with Gasteiger partial charge in [0, 0.05) is 70.0 Å². The topological polar surface area (TPSA) is 65.9 Å². The number of hydrogen-bond acceptors (Lipinski definition) is 7. The molecule has 172 valence electrons. The van der Waals surface area contributed by atoms with Gasteiger partial charge in [-0.1, -0.05) is 24.1 Å². The molecule has 0 saturated carbocycles. The van der Waals surface area contributed by atoms with Crippen LogP contribution in [0.25, 0.3) is 0 Å². The number of ether oxygens (including phenoxy) is 1. The first-order valence-electron chi connectivity index (χ1n) is 11.5. The third-order valence-electron chi connectivity index (χ3n) is 6.65. The minimum atomic E-state index is -0.0568. The van der Waals surface area contributed by atoms with Gasteiger partial charge < -0.3 is 19.3 Å². The number of hydrogen-bond donors (Lipinski definition) is 1. The first kappa shape index (κ1) is 21.6. The van der Waals surface area contributed by atoms with Gasteiger partial charge >= 0.3 is 6.03 Å². The van der Waals surface area contributed by atoms with Gasteiger partial charge in [-0.25, -0.2) is 4.79 Å². The summed E-state index contributed by atoms with van der Waals surface area (Å²) >= 11 is 1.46. The van der Waals surface area contributed by atoms with Crippen LogP contribution in [0.3, 0.4) is 0 Å². The molecule has 5 rings (SSSR count). The van der Waals surface area contributed by atoms with Gasteiger partial charge in [-0.05, 0) is 37.0 Å². The van der Waals surface area contributed by atoms with Gasteiger partial charge in [0.05, 0.1) is 12.2 Å². The summed E-state index contributed by atoms with van der Waals surface area (Å²) in [5.41, 5.74) is 4.03. The Morgan fingerprint density at radius 3 is 2.62 bits per heavy atom. The van der Waals surface area contributed by atoms with Crippen molar-refractivity contribution in [2.24, 2.45) is 0 Å². The largest absolute Gasteiger partial charge is 0.371 e. The molecule has 1 N–H and O–H groups in total. The van der Waals surface area contributed by atoms with Crippen molar-refractivity contribution in [2.45, 2.75) is 38.5 Å². The predicted octanol–water partition coefficient (Wildman–Crippen LogP) is 3.03. The van der Waals surface area contributed by atoms with Gasteiger partial charge in [0.25, 0.3) is 0 Å². The van der Waals surface area contributed by atoms with E-state index in [9.17, 15) is 4.79 Å². The van der Waals surface area contributed by atoms with E-state index in [4.69, 9.17) is 4.74 Å². The van der Waals surface area contributed by atoms with Crippen LogP contribution in [0.15, 0.2) is 30.5 Å². The first-order valence-corrected chi connectivity index (χ1v) is 12.7. The molecule has 2 aromatic rings. The summed E-state index contributed by atoms with van der Waals surface area (Å²) in [6, 6.07) is 8.59. The summed E-state index contributed by atoms with van der Waals surface area (Å²) < 4.78 is 10.5. The van der Waals surface area contributed by atoms with Gasteiger partial charge in [-0.15, -0.1) is 5.10 Å².